The van der Waals surface area contributed by atoms with Gasteiger partial charge in [0.05, 0.1) is 0 Å². The minimum Gasteiger partial charge on any atom is 0 e. The summed E-state index contributed by atoms with van der Waals surface area (Å²) in [5.74, 6) is 0. The molecule has 0 rings (SSSR count). The summed E-state index contributed by atoms with van der Waals surface area (Å²) in [4.78, 5) is 0. The predicted molar refractivity (Wildman–Crippen MR) is 39.8 cm³/mol. The van der Waals surface area contributed by atoms with E-state index in [4.69, 9.17) is 0 Å². The maximum Gasteiger partial charge on any atom is 0 e. The SMILES string of the molecule is [AsH3].[AsH3].[AsH3].[GaH3].[Zn]. The molecular weight excluding hydrogens is 360 g/mol. The molecule has 5 heavy (non-hydrogen) atoms. The van der Waals surface area contributed by atoms with Crippen LogP contribution in [-0.2, 0) is 19.5 Å². The van der Waals surface area contributed by atoms with Gasteiger partial charge >= 0.3 is 73.7 Å². The molecule has 0 heterocycles. The molecule has 0 nitrogen and oxygen atoms in total. The zero-order valence-corrected chi connectivity index (χ0v) is 14.7. The van der Waals surface area contributed by atoms with Gasteiger partial charge in [-0.2, -0.15) is 0 Å². The molecule has 5 heteroatoms. The number of hydrogen-bond donors (Lipinski definition) is 0. The van der Waals surface area contributed by atoms with Crippen LogP contribution in [-0.4, -0.2) is 73.7 Å². The van der Waals surface area contributed by atoms with Gasteiger partial charge in [-0.05, 0) is 0 Å². The molecule has 3 unspecified atom stereocenters. The van der Waals surface area contributed by atoms with Crippen molar-refractivity contribution in [3.8, 4) is 0 Å². The first-order chi connectivity index (χ1) is 0. The van der Waals surface area contributed by atoms with E-state index < -0.39 is 0 Å². The van der Waals surface area contributed by atoms with Crippen LogP contribution in [0.15, 0.2) is 0 Å². The topological polar surface area (TPSA) is 0 Å². The number of rotatable bonds is 0. The molecule has 0 aromatic carbocycles. The fraction of sp³-hybridized carbons (Fsp3) is 0. The van der Waals surface area contributed by atoms with Gasteiger partial charge in [0.25, 0.3) is 0 Å². The van der Waals surface area contributed by atoms with Crippen LogP contribution in [0.25, 0.3) is 0 Å². The fourth-order valence-electron chi connectivity index (χ4n) is 0. The molecule has 0 saturated heterocycles. The molecule has 32 valence electrons. The second-order valence-electron chi connectivity index (χ2n) is 0. The van der Waals surface area contributed by atoms with E-state index in [-0.39, 0.29) is 93.1 Å². The maximum atomic E-state index is 0. The molecule has 0 saturated carbocycles. The summed E-state index contributed by atoms with van der Waals surface area (Å²) in [5.41, 5.74) is 0. The monoisotopic (exact) mass is 370 g/mol. The van der Waals surface area contributed by atoms with Crippen molar-refractivity contribution in [2.24, 2.45) is 0 Å². The van der Waals surface area contributed by atoms with Crippen LogP contribution in [0.2, 0.25) is 0 Å². The smallest absolute Gasteiger partial charge is 0 e. The van der Waals surface area contributed by atoms with Crippen molar-refractivity contribution >= 4 is 73.7 Å². The molecule has 0 fully saturated rings. The van der Waals surface area contributed by atoms with Crippen molar-refractivity contribution in [2.45, 2.75) is 0 Å². The Morgan fingerprint density at radius 2 is 0.600 bits per heavy atom. The fourth-order valence-corrected chi connectivity index (χ4v) is 0. The summed E-state index contributed by atoms with van der Waals surface area (Å²) in [6.07, 6.45) is 0. The average molecular weight is 372 g/mol. The van der Waals surface area contributed by atoms with Crippen molar-refractivity contribution in [3.63, 3.8) is 0 Å². The zero-order valence-electron chi connectivity index (χ0n) is 2.83. The van der Waals surface area contributed by atoms with Crippen molar-refractivity contribution in [2.75, 3.05) is 0 Å². The third-order valence-corrected chi connectivity index (χ3v) is 0. The van der Waals surface area contributed by atoms with E-state index in [2.05, 4.69) is 0 Å². The van der Waals surface area contributed by atoms with Gasteiger partial charge in [-0.25, -0.2) is 0 Å². The van der Waals surface area contributed by atoms with E-state index in [0.717, 1.165) is 0 Å². The minimum absolute atomic E-state index is 0. The normalized spacial score (nSPS) is 0. The Kier molecular flexibility index (Phi) is 251. The predicted octanol–water partition coefficient (Wildman–Crippen LogP) is -4.74. The zero-order chi connectivity index (χ0) is 0. The van der Waals surface area contributed by atoms with Crippen LogP contribution in [0.1, 0.15) is 0 Å². The Hall–Kier alpha value is 2.94. The summed E-state index contributed by atoms with van der Waals surface area (Å²) in [5, 5.41) is 0. The Balaban J connectivity index is 0. The molecule has 0 spiro atoms. The molecule has 0 amide bonds. The standard InChI is InChI=1S/3AsH3.Ga.Zn.3H/h3*1H3;;;;;. The molecule has 3 atom stereocenters. The third kappa shape index (κ3) is 19.6. The van der Waals surface area contributed by atoms with Crippen LogP contribution in [0.4, 0.5) is 0 Å². The molecule has 0 radical (unpaired) electrons. The molecule has 0 aliphatic heterocycles. The summed E-state index contributed by atoms with van der Waals surface area (Å²) < 4.78 is 0. The van der Waals surface area contributed by atoms with Gasteiger partial charge < -0.3 is 0 Å². The molecule has 0 bridgehead atoms. The molecule has 0 aromatic heterocycles. The van der Waals surface area contributed by atoms with Crippen LogP contribution in [0, 0.1) is 0 Å². The van der Waals surface area contributed by atoms with Crippen molar-refractivity contribution in [1.82, 2.24) is 0 Å². The van der Waals surface area contributed by atoms with Crippen molar-refractivity contribution < 1.29 is 19.5 Å². The first-order valence-electron chi connectivity index (χ1n) is 0. The molecule has 0 aliphatic rings. The second-order valence-corrected chi connectivity index (χ2v) is 0. The Bertz CT molecular complexity index is 6.85. The van der Waals surface area contributed by atoms with Crippen LogP contribution < -0.4 is 0 Å². The summed E-state index contributed by atoms with van der Waals surface area (Å²) in [6, 6.07) is 0. The van der Waals surface area contributed by atoms with Crippen LogP contribution >= 0.6 is 0 Å². The average Bonchev–Trinajstić information content (AvgIpc) is 0. The first kappa shape index (κ1) is 44.3. The molecule has 0 N–H and O–H groups in total. The first-order valence-corrected chi connectivity index (χ1v) is 0. The molecule has 0 aliphatic carbocycles. The van der Waals surface area contributed by atoms with Gasteiger partial charge in [-0.15, -0.1) is 0 Å². The summed E-state index contributed by atoms with van der Waals surface area (Å²) in [6.45, 7) is 0. The van der Waals surface area contributed by atoms with Crippen molar-refractivity contribution in [1.29, 1.82) is 0 Å². The molecular formula is H12As3GaZn. The largest absolute Gasteiger partial charge is 0 e. The Morgan fingerprint density at radius 3 is 0.600 bits per heavy atom. The minimum atomic E-state index is 0. The van der Waals surface area contributed by atoms with Gasteiger partial charge in [0, 0.05) is 19.5 Å². The van der Waals surface area contributed by atoms with E-state index in [1.165, 1.54) is 0 Å². The van der Waals surface area contributed by atoms with E-state index >= 15 is 0 Å². The van der Waals surface area contributed by atoms with Gasteiger partial charge in [0.1, 0.15) is 0 Å². The van der Waals surface area contributed by atoms with Crippen LogP contribution in [0.3, 0.4) is 0 Å². The van der Waals surface area contributed by atoms with Gasteiger partial charge in [-0.1, -0.05) is 0 Å². The van der Waals surface area contributed by atoms with E-state index in [9.17, 15) is 0 Å². The Labute approximate surface area is 91.7 Å². The summed E-state index contributed by atoms with van der Waals surface area (Å²) >= 11 is 0. The van der Waals surface area contributed by atoms with Crippen molar-refractivity contribution in [3.05, 3.63) is 0 Å². The van der Waals surface area contributed by atoms with Gasteiger partial charge in [0.2, 0.25) is 0 Å². The van der Waals surface area contributed by atoms with E-state index in [1.807, 2.05) is 0 Å². The summed E-state index contributed by atoms with van der Waals surface area (Å²) in [7, 11) is 0. The van der Waals surface area contributed by atoms with Gasteiger partial charge in [0.15, 0.2) is 0 Å². The Morgan fingerprint density at radius 1 is 0.600 bits per heavy atom. The van der Waals surface area contributed by atoms with E-state index in [1.54, 1.807) is 0 Å². The van der Waals surface area contributed by atoms with Gasteiger partial charge in [-0.3, -0.25) is 0 Å². The maximum absolute atomic E-state index is 0. The van der Waals surface area contributed by atoms with E-state index in [0.29, 0.717) is 0 Å². The quantitative estimate of drug-likeness (QED) is 0.375. The third-order valence-electron chi connectivity index (χ3n) is 0. The molecule has 0 aromatic rings. The second kappa shape index (κ2) is 28.4. The number of hydrogen-bond acceptors (Lipinski definition) is 0. The van der Waals surface area contributed by atoms with Crippen LogP contribution in [0.5, 0.6) is 0 Å².